The van der Waals surface area contributed by atoms with Crippen LogP contribution < -0.4 is 10.6 Å². The minimum Gasteiger partial charge on any atom is -0.348 e. The van der Waals surface area contributed by atoms with E-state index in [1.807, 2.05) is 31.2 Å². The third kappa shape index (κ3) is 5.27. The number of para-hydroxylation sites is 1. The molecule has 8 heteroatoms. The average molecular weight is 422 g/mol. The summed E-state index contributed by atoms with van der Waals surface area (Å²) in [6, 6.07) is 15.0. The predicted molar refractivity (Wildman–Crippen MR) is 117 cm³/mol. The number of H-pyrrole nitrogens is 1. The maximum atomic E-state index is 12.6. The topological polar surface area (TPSA) is 99.8 Å². The van der Waals surface area contributed by atoms with Crippen LogP contribution in [0.4, 0.5) is 5.69 Å². The third-order valence-electron chi connectivity index (χ3n) is 4.80. The number of hydrogen-bond acceptors (Lipinski definition) is 5. The van der Waals surface area contributed by atoms with Crippen molar-refractivity contribution in [1.29, 1.82) is 0 Å². The summed E-state index contributed by atoms with van der Waals surface area (Å²) in [7, 11) is 0. The zero-order valence-electron chi connectivity index (χ0n) is 16.6. The lowest BCUT2D eigenvalue weighted by molar-refractivity contribution is -0.113. The van der Waals surface area contributed by atoms with Crippen LogP contribution in [-0.4, -0.2) is 32.7 Å². The van der Waals surface area contributed by atoms with Gasteiger partial charge in [0.15, 0.2) is 0 Å². The maximum Gasteiger partial charge on any atom is 0.253 e. The Kier molecular flexibility index (Phi) is 6.13. The van der Waals surface area contributed by atoms with Crippen molar-refractivity contribution in [2.75, 3.05) is 11.1 Å². The fourth-order valence-electron chi connectivity index (χ4n) is 2.95. The van der Waals surface area contributed by atoms with Crippen molar-refractivity contribution in [2.45, 2.75) is 37.4 Å². The number of anilines is 1. The molecule has 1 aliphatic rings. The van der Waals surface area contributed by atoms with Crippen molar-refractivity contribution in [3.8, 4) is 0 Å². The number of benzene rings is 2. The van der Waals surface area contributed by atoms with Gasteiger partial charge in [0.1, 0.15) is 5.82 Å². The standard InChI is InChI=1S/C22H23N5O2S/c1-14-6-8-15(9-7-14)12-23-21(29)17-4-2-3-5-18(17)24-19(28)13-30-22-25-20(26-27-22)16-10-11-16/h2-9,16H,10-13H2,1H3,(H,23,29)(H,24,28)(H,25,26,27). The fraction of sp³-hybridized carbons (Fsp3) is 0.273. The first kappa shape index (κ1) is 20.2. The number of carbonyl (C=O) groups excluding carboxylic acids is 2. The Morgan fingerprint density at radius 2 is 1.90 bits per heavy atom. The van der Waals surface area contributed by atoms with Crippen molar-refractivity contribution >= 4 is 29.3 Å². The molecule has 0 saturated heterocycles. The van der Waals surface area contributed by atoms with Gasteiger partial charge < -0.3 is 10.6 Å². The quantitative estimate of drug-likeness (QED) is 0.482. The molecule has 4 rings (SSSR count). The predicted octanol–water partition coefficient (Wildman–Crippen LogP) is 3.65. The van der Waals surface area contributed by atoms with Crippen LogP contribution in [0.15, 0.2) is 53.7 Å². The molecule has 3 N–H and O–H groups in total. The molecule has 0 unspecified atom stereocenters. The summed E-state index contributed by atoms with van der Waals surface area (Å²) < 4.78 is 0. The van der Waals surface area contributed by atoms with Gasteiger partial charge in [0.05, 0.1) is 17.0 Å². The lowest BCUT2D eigenvalue weighted by Gasteiger charge is -2.11. The Bertz CT molecular complexity index is 1040. The summed E-state index contributed by atoms with van der Waals surface area (Å²) in [5, 5.41) is 13.4. The monoisotopic (exact) mass is 421 g/mol. The summed E-state index contributed by atoms with van der Waals surface area (Å²) in [5.41, 5.74) is 3.10. The molecule has 3 aromatic rings. The van der Waals surface area contributed by atoms with Gasteiger partial charge in [0, 0.05) is 12.5 Å². The molecule has 30 heavy (non-hydrogen) atoms. The Labute approximate surface area is 179 Å². The molecule has 2 amide bonds. The number of aromatic amines is 1. The molecule has 0 bridgehead atoms. The van der Waals surface area contributed by atoms with E-state index in [4.69, 9.17) is 0 Å². The number of aryl methyl sites for hydroxylation is 1. The number of rotatable bonds is 8. The van der Waals surface area contributed by atoms with E-state index in [2.05, 4.69) is 25.8 Å². The Morgan fingerprint density at radius 3 is 2.67 bits per heavy atom. The van der Waals surface area contributed by atoms with E-state index < -0.39 is 0 Å². The molecule has 1 heterocycles. The van der Waals surface area contributed by atoms with Crippen LogP contribution in [0.5, 0.6) is 0 Å². The highest BCUT2D eigenvalue weighted by Crippen LogP contribution is 2.38. The molecule has 154 valence electrons. The highest BCUT2D eigenvalue weighted by molar-refractivity contribution is 7.99. The Morgan fingerprint density at radius 1 is 1.13 bits per heavy atom. The lowest BCUT2D eigenvalue weighted by Crippen LogP contribution is -2.25. The number of thioether (sulfide) groups is 1. The van der Waals surface area contributed by atoms with E-state index in [0.29, 0.717) is 28.9 Å². The zero-order chi connectivity index (χ0) is 20.9. The highest BCUT2D eigenvalue weighted by atomic mass is 32.2. The molecule has 7 nitrogen and oxygen atoms in total. The van der Waals surface area contributed by atoms with Gasteiger partial charge in [-0.1, -0.05) is 53.7 Å². The van der Waals surface area contributed by atoms with E-state index in [9.17, 15) is 9.59 Å². The molecule has 1 saturated carbocycles. The Hall–Kier alpha value is -3.13. The van der Waals surface area contributed by atoms with Crippen molar-refractivity contribution < 1.29 is 9.59 Å². The van der Waals surface area contributed by atoms with Gasteiger partial charge in [0.2, 0.25) is 11.1 Å². The summed E-state index contributed by atoms with van der Waals surface area (Å²) in [6.45, 7) is 2.44. The van der Waals surface area contributed by atoms with Gasteiger partial charge in [-0.3, -0.25) is 14.7 Å². The van der Waals surface area contributed by atoms with E-state index in [1.54, 1.807) is 24.3 Å². The van der Waals surface area contributed by atoms with Crippen LogP contribution in [-0.2, 0) is 11.3 Å². The van der Waals surface area contributed by atoms with Crippen molar-refractivity contribution in [3.05, 3.63) is 71.0 Å². The second kappa shape index (κ2) is 9.13. The maximum absolute atomic E-state index is 12.6. The number of nitrogens with one attached hydrogen (secondary N) is 3. The van der Waals surface area contributed by atoms with Crippen molar-refractivity contribution in [2.24, 2.45) is 0 Å². The van der Waals surface area contributed by atoms with Crippen LogP contribution in [0.1, 0.15) is 46.1 Å². The third-order valence-corrected chi connectivity index (χ3v) is 5.65. The Balaban J connectivity index is 1.32. The molecule has 2 aromatic carbocycles. The van der Waals surface area contributed by atoms with Gasteiger partial charge in [-0.2, -0.15) is 0 Å². The molecule has 0 radical (unpaired) electrons. The van der Waals surface area contributed by atoms with E-state index in [1.165, 1.54) is 17.3 Å². The minimum atomic E-state index is -0.234. The summed E-state index contributed by atoms with van der Waals surface area (Å²) in [6.07, 6.45) is 2.28. The molecular formula is C22H23N5O2S. The van der Waals surface area contributed by atoms with Crippen LogP contribution in [0, 0.1) is 6.92 Å². The number of aromatic nitrogens is 3. The lowest BCUT2D eigenvalue weighted by atomic mass is 10.1. The van der Waals surface area contributed by atoms with Crippen molar-refractivity contribution in [1.82, 2.24) is 20.5 Å². The van der Waals surface area contributed by atoms with Gasteiger partial charge in [-0.15, -0.1) is 5.10 Å². The van der Waals surface area contributed by atoms with E-state index >= 15 is 0 Å². The van der Waals surface area contributed by atoms with Crippen LogP contribution in [0.3, 0.4) is 0 Å². The van der Waals surface area contributed by atoms with Crippen LogP contribution in [0.25, 0.3) is 0 Å². The largest absolute Gasteiger partial charge is 0.348 e. The first-order valence-corrected chi connectivity index (χ1v) is 10.8. The van der Waals surface area contributed by atoms with Gasteiger partial charge in [-0.25, -0.2) is 4.98 Å². The second-order valence-corrected chi connectivity index (χ2v) is 8.27. The minimum absolute atomic E-state index is 0.168. The molecule has 0 spiro atoms. The van der Waals surface area contributed by atoms with Crippen molar-refractivity contribution in [3.63, 3.8) is 0 Å². The molecule has 1 fully saturated rings. The average Bonchev–Trinajstić information content (AvgIpc) is 3.50. The molecule has 1 aliphatic carbocycles. The summed E-state index contributed by atoms with van der Waals surface area (Å²) >= 11 is 1.27. The molecule has 1 aromatic heterocycles. The molecular weight excluding hydrogens is 398 g/mol. The van der Waals surface area contributed by atoms with Crippen LogP contribution in [0.2, 0.25) is 0 Å². The second-order valence-electron chi connectivity index (χ2n) is 7.33. The van der Waals surface area contributed by atoms with Gasteiger partial charge >= 0.3 is 0 Å². The number of nitrogens with zero attached hydrogens (tertiary/aromatic N) is 2. The van der Waals surface area contributed by atoms with E-state index in [0.717, 1.165) is 24.2 Å². The van der Waals surface area contributed by atoms with Crippen LogP contribution >= 0.6 is 11.8 Å². The number of amides is 2. The zero-order valence-corrected chi connectivity index (χ0v) is 17.5. The number of hydrogen-bond donors (Lipinski definition) is 3. The summed E-state index contributed by atoms with van der Waals surface area (Å²) in [5.74, 6) is 1.11. The first-order valence-electron chi connectivity index (χ1n) is 9.86. The SMILES string of the molecule is Cc1ccc(CNC(=O)c2ccccc2NC(=O)CSc2n[nH]c(C3CC3)n2)cc1. The molecule has 0 aliphatic heterocycles. The first-order chi connectivity index (χ1) is 14.6. The molecule has 0 atom stereocenters. The van der Waals surface area contributed by atoms with Gasteiger partial charge in [0.25, 0.3) is 5.91 Å². The normalized spacial score (nSPS) is 13.1. The number of carbonyl (C=O) groups is 2. The smallest absolute Gasteiger partial charge is 0.253 e. The fourth-order valence-corrected chi connectivity index (χ4v) is 3.56. The highest BCUT2D eigenvalue weighted by Gasteiger charge is 2.27. The van der Waals surface area contributed by atoms with Gasteiger partial charge in [-0.05, 0) is 37.5 Å². The summed E-state index contributed by atoms with van der Waals surface area (Å²) in [4.78, 5) is 29.5. The van der Waals surface area contributed by atoms with E-state index in [-0.39, 0.29) is 17.6 Å².